The summed E-state index contributed by atoms with van der Waals surface area (Å²) in [4.78, 5) is 24.1. The van der Waals surface area contributed by atoms with Gasteiger partial charge in [-0.1, -0.05) is 25.0 Å². The Bertz CT molecular complexity index is 1130. The zero-order valence-corrected chi connectivity index (χ0v) is 19.9. The van der Waals surface area contributed by atoms with Crippen LogP contribution in [-0.2, 0) is 15.8 Å². The molecule has 4 rings (SSSR count). The first-order valence-corrected chi connectivity index (χ1v) is 11.9. The molecule has 0 aliphatic heterocycles. The molecule has 0 saturated heterocycles. The van der Waals surface area contributed by atoms with Crippen LogP contribution >= 0.6 is 0 Å². The first-order chi connectivity index (χ1) is 16.5. The standard InChI is InChI=1S/C26H30F3N3O3/c1-16-24(17(2)32(31-16)21-9-6-19(7-10-21)26(27,28)29)18-5-8-20(13-18)30-22(33)14-25(15-23(34)35)11-3-4-12-25/h5-10,18,20H,3-4,11-15H2,1-2H3,(H,30,33)(H,34,35)/t18-,20-/m1/s1. The summed E-state index contributed by atoms with van der Waals surface area (Å²) < 4.78 is 40.4. The number of aryl methyl sites for hydroxylation is 1. The SMILES string of the molecule is Cc1nn(-c2ccc(C(F)(F)F)cc2)c(C)c1[C@@H]1C=C[C@@H](NC(=O)CC2(CC(=O)O)CCCC2)C1. The van der Waals surface area contributed by atoms with E-state index in [4.69, 9.17) is 0 Å². The summed E-state index contributed by atoms with van der Waals surface area (Å²) in [5, 5.41) is 16.9. The molecule has 2 aromatic rings. The molecule has 0 radical (unpaired) electrons. The van der Waals surface area contributed by atoms with Gasteiger partial charge in [-0.2, -0.15) is 18.3 Å². The number of hydrogen-bond donors (Lipinski definition) is 2. The molecule has 2 aliphatic rings. The van der Waals surface area contributed by atoms with Crippen molar-refractivity contribution in [1.29, 1.82) is 0 Å². The number of aromatic nitrogens is 2. The number of carbonyl (C=O) groups excluding carboxylic acids is 1. The van der Waals surface area contributed by atoms with Gasteiger partial charge < -0.3 is 10.4 Å². The number of benzene rings is 1. The van der Waals surface area contributed by atoms with E-state index >= 15 is 0 Å². The van der Waals surface area contributed by atoms with Gasteiger partial charge in [0.05, 0.1) is 23.4 Å². The van der Waals surface area contributed by atoms with Crippen molar-refractivity contribution < 1.29 is 27.9 Å². The van der Waals surface area contributed by atoms with Gasteiger partial charge in [0.15, 0.2) is 0 Å². The number of nitrogens with one attached hydrogen (secondary N) is 1. The Morgan fingerprint density at radius 2 is 1.77 bits per heavy atom. The Hall–Kier alpha value is -3.10. The van der Waals surface area contributed by atoms with E-state index in [1.54, 1.807) is 4.68 Å². The quantitative estimate of drug-likeness (QED) is 0.506. The second kappa shape index (κ2) is 9.51. The van der Waals surface area contributed by atoms with Gasteiger partial charge in [-0.05, 0) is 62.8 Å². The molecule has 1 aromatic carbocycles. The molecule has 1 heterocycles. The molecule has 1 amide bonds. The molecule has 2 aliphatic carbocycles. The van der Waals surface area contributed by atoms with Crippen LogP contribution in [-0.4, -0.2) is 32.8 Å². The van der Waals surface area contributed by atoms with Crippen molar-refractivity contribution in [2.75, 3.05) is 0 Å². The normalized spacial score (nSPS) is 21.4. The van der Waals surface area contributed by atoms with E-state index < -0.39 is 23.1 Å². The van der Waals surface area contributed by atoms with Gasteiger partial charge in [0, 0.05) is 29.6 Å². The van der Waals surface area contributed by atoms with Gasteiger partial charge in [0.1, 0.15) is 0 Å². The van der Waals surface area contributed by atoms with E-state index in [1.807, 2.05) is 26.0 Å². The molecule has 0 spiro atoms. The van der Waals surface area contributed by atoms with E-state index in [2.05, 4.69) is 10.4 Å². The molecular weight excluding hydrogens is 459 g/mol. The number of hydrogen-bond acceptors (Lipinski definition) is 3. The number of amides is 1. The lowest BCUT2D eigenvalue weighted by atomic mass is 9.79. The van der Waals surface area contributed by atoms with Gasteiger partial charge in [-0.15, -0.1) is 0 Å². The van der Waals surface area contributed by atoms with E-state index in [-0.39, 0.29) is 30.7 Å². The fraction of sp³-hybridized carbons (Fsp3) is 0.500. The van der Waals surface area contributed by atoms with Crippen LogP contribution in [0.2, 0.25) is 0 Å². The molecule has 1 aromatic heterocycles. The third-order valence-corrected chi connectivity index (χ3v) is 7.31. The Kier molecular flexibility index (Phi) is 6.79. The van der Waals surface area contributed by atoms with Crippen LogP contribution in [0.4, 0.5) is 13.2 Å². The molecule has 1 fully saturated rings. The molecule has 0 unspecified atom stereocenters. The summed E-state index contributed by atoms with van der Waals surface area (Å²) in [6, 6.07) is 4.76. The van der Waals surface area contributed by atoms with Crippen LogP contribution in [0.25, 0.3) is 5.69 Å². The second-order valence-corrected chi connectivity index (χ2v) is 9.90. The molecular formula is C26H30F3N3O3. The summed E-state index contributed by atoms with van der Waals surface area (Å²) in [6.07, 6.45) is 3.91. The Morgan fingerprint density at radius 1 is 1.11 bits per heavy atom. The molecule has 1 saturated carbocycles. The van der Waals surface area contributed by atoms with Gasteiger partial charge >= 0.3 is 12.1 Å². The van der Waals surface area contributed by atoms with Gasteiger partial charge in [-0.3, -0.25) is 9.59 Å². The Balaban J connectivity index is 1.43. The lowest BCUT2D eigenvalue weighted by Gasteiger charge is -2.27. The number of halogens is 3. The van der Waals surface area contributed by atoms with E-state index in [9.17, 15) is 27.9 Å². The molecule has 35 heavy (non-hydrogen) atoms. The highest BCUT2D eigenvalue weighted by Gasteiger charge is 2.38. The molecule has 0 bridgehead atoms. The van der Waals surface area contributed by atoms with Crippen LogP contribution in [0.1, 0.15) is 73.4 Å². The van der Waals surface area contributed by atoms with Crippen molar-refractivity contribution >= 4 is 11.9 Å². The zero-order valence-electron chi connectivity index (χ0n) is 19.9. The van der Waals surface area contributed by atoms with E-state index in [0.29, 0.717) is 12.1 Å². The maximum Gasteiger partial charge on any atom is 0.416 e. The highest BCUT2D eigenvalue weighted by atomic mass is 19.4. The summed E-state index contributed by atoms with van der Waals surface area (Å²) >= 11 is 0. The minimum atomic E-state index is -4.39. The average molecular weight is 490 g/mol. The summed E-state index contributed by atoms with van der Waals surface area (Å²) in [5.74, 6) is -0.975. The number of carbonyl (C=O) groups is 2. The van der Waals surface area contributed by atoms with Crippen molar-refractivity contribution in [2.45, 2.75) is 76.9 Å². The maximum absolute atomic E-state index is 12.9. The van der Waals surface area contributed by atoms with Crippen LogP contribution in [0.15, 0.2) is 36.4 Å². The topological polar surface area (TPSA) is 84.2 Å². The largest absolute Gasteiger partial charge is 0.481 e. The number of aliphatic carboxylic acids is 1. The summed E-state index contributed by atoms with van der Waals surface area (Å²) in [5.41, 5.74) is 2.02. The van der Waals surface area contributed by atoms with E-state index in [1.165, 1.54) is 12.1 Å². The number of carboxylic acid groups (broad SMARTS) is 1. The molecule has 9 heteroatoms. The van der Waals surface area contributed by atoms with Crippen molar-refractivity contribution in [3.8, 4) is 5.69 Å². The third-order valence-electron chi connectivity index (χ3n) is 7.31. The number of rotatable bonds is 7. The van der Waals surface area contributed by atoms with Gasteiger partial charge in [0.2, 0.25) is 5.91 Å². The van der Waals surface area contributed by atoms with Crippen LogP contribution < -0.4 is 5.32 Å². The smallest absolute Gasteiger partial charge is 0.416 e. The molecule has 2 N–H and O–H groups in total. The predicted octanol–water partition coefficient (Wildman–Crippen LogP) is 5.46. The van der Waals surface area contributed by atoms with Gasteiger partial charge in [0.25, 0.3) is 0 Å². The minimum Gasteiger partial charge on any atom is -0.481 e. The maximum atomic E-state index is 12.9. The monoisotopic (exact) mass is 489 g/mol. The van der Waals surface area contributed by atoms with Crippen molar-refractivity contribution in [3.63, 3.8) is 0 Å². The molecule has 188 valence electrons. The minimum absolute atomic E-state index is 0.0166. The third kappa shape index (κ3) is 5.44. The van der Waals surface area contributed by atoms with E-state index in [0.717, 1.165) is 54.8 Å². The van der Waals surface area contributed by atoms with Crippen molar-refractivity contribution in [2.24, 2.45) is 5.41 Å². The first kappa shape index (κ1) is 25.0. The second-order valence-electron chi connectivity index (χ2n) is 9.90. The van der Waals surface area contributed by atoms with Crippen molar-refractivity contribution in [1.82, 2.24) is 15.1 Å². The zero-order chi connectivity index (χ0) is 25.4. The van der Waals surface area contributed by atoms with Crippen LogP contribution in [0.5, 0.6) is 0 Å². The highest BCUT2D eigenvalue weighted by Crippen LogP contribution is 2.44. The highest BCUT2D eigenvalue weighted by molar-refractivity contribution is 5.78. The van der Waals surface area contributed by atoms with Crippen LogP contribution in [0, 0.1) is 19.3 Å². The molecule has 2 atom stereocenters. The average Bonchev–Trinajstić information content (AvgIpc) is 3.47. The number of alkyl halides is 3. The first-order valence-electron chi connectivity index (χ1n) is 11.9. The molecule has 6 nitrogen and oxygen atoms in total. The Labute approximate surface area is 202 Å². The summed E-state index contributed by atoms with van der Waals surface area (Å²) in [7, 11) is 0. The fourth-order valence-electron chi connectivity index (χ4n) is 5.71. The number of nitrogens with zero attached hydrogens (tertiary/aromatic N) is 2. The van der Waals surface area contributed by atoms with Crippen molar-refractivity contribution in [3.05, 3.63) is 58.9 Å². The summed E-state index contributed by atoms with van der Waals surface area (Å²) in [6.45, 7) is 3.76. The number of carboxylic acids is 1. The predicted molar refractivity (Wildman–Crippen MR) is 124 cm³/mol. The fourth-order valence-corrected chi connectivity index (χ4v) is 5.71. The lowest BCUT2D eigenvalue weighted by Crippen LogP contribution is -2.37. The lowest BCUT2D eigenvalue weighted by molar-refractivity contribution is -0.140. The van der Waals surface area contributed by atoms with Gasteiger partial charge in [-0.25, -0.2) is 4.68 Å². The van der Waals surface area contributed by atoms with Crippen LogP contribution in [0.3, 0.4) is 0 Å². The Morgan fingerprint density at radius 3 is 2.37 bits per heavy atom. The number of allylic oxidation sites excluding steroid dienone is 1.